The van der Waals surface area contributed by atoms with E-state index >= 15 is 0 Å². The van der Waals surface area contributed by atoms with Crippen molar-refractivity contribution in [2.24, 2.45) is 18.0 Å². The van der Waals surface area contributed by atoms with E-state index in [1.54, 1.807) is 23.0 Å². The number of ether oxygens (including phenoxy) is 1. The number of aromatic nitrogens is 3. The number of anilines is 2. The van der Waals surface area contributed by atoms with Crippen molar-refractivity contribution >= 4 is 29.3 Å². The summed E-state index contributed by atoms with van der Waals surface area (Å²) in [6, 6.07) is 10.5. The van der Waals surface area contributed by atoms with Crippen LogP contribution in [0.5, 0.6) is 5.88 Å². The molecule has 1 aliphatic carbocycles. The Morgan fingerprint density at radius 2 is 1.98 bits per heavy atom. The molecule has 1 saturated carbocycles. The van der Waals surface area contributed by atoms with E-state index in [2.05, 4.69) is 70.7 Å². The van der Waals surface area contributed by atoms with Crippen molar-refractivity contribution in [3.05, 3.63) is 47.8 Å². The number of amides is 1. The summed E-state index contributed by atoms with van der Waals surface area (Å²) in [6.07, 6.45) is 7.60. The van der Waals surface area contributed by atoms with Gasteiger partial charge in [-0.3, -0.25) is 9.78 Å². The number of hydrogen-bond donors (Lipinski definition) is 2. The number of nitrogens with zero attached hydrogens (tertiary/aromatic N) is 6. The molecular weight excluding hydrogens is 516 g/mol. The fourth-order valence-electron chi connectivity index (χ4n) is 5.70. The van der Waals surface area contributed by atoms with E-state index in [1.165, 1.54) is 19.2 Å². The topological polar surface area (TPSA) is 99.9 Å². The second-order valence-electron chi connectivity index (χ2n) is 11.6. The van der Waals surface area contributed by atoms with Crippen molar-refractivity contribution in [2.45, 2.75) is 51.6 Å². The first-order chi connectivity index (χ1) is 19.7. The fraction of sp³-hybridized carbons (Fsp3) is 0.484. The van der Waals surface area contributed by atoms with Crippen molar-refractivity contribution in [1.82, 2.24) is 25.0 Å². The minimum atomic E-state index is -0.252. The predicted molar refractivity (Wildman–Crippen MR) is 165 cm³/mol. The van der Waals surface area contributed by atoms with Gasteiger partial charge in [0.1, 0.15) is 0 Å². The van der Waals surface area contributed by atoms with E-state index in [0.717, 1.165) is 47.7 Å². The maximum absolute atomic E-state index is 13.2. The predicted octanol–water partition coefficient (Wildman–Crippen LogP) is 4.63. The number of carbonyl (C=O) groups excluding carboxylic acids is 1. The molecule has 0 saturated heterocycles. The molecule has 41 heavy (non-hydrogen) atoms. The van der Waals surface area contributed by atoms with E-state index in [-0.39, 0.29) is 11.9 Å². The van der Waals surface area contributed by atoms with E-state index < -0.39 is 0 Å². The molecule has 2 bridgehead atoms. The molecule has 0 radical (unpaired) electrons. The molecule has 3 heterocycles. The molecular formula is C31H42N8O2. The van der Waals surface area contributed by atoms with Crippen LogP contribution in [0.3, 0.4) is 0 Å². The quantitative estimate of drug-likeness (QED) is 0.471. The van der Waals surface area contributed by atoms with Crippen molar-refractivity contribution in [3.63, 3.8) is 0 Å². The molecule has 1 aliphatic heterocycles. The molecule has 0 spiro atoms. The lowest BCUT2D eigenvalue weighted by molar-refractivity contribution is 0.0978. The summed E-state index contributed by atoms with van der Waals surface area (Å²) in [6.45, 7) is 5.56. The number of fused-ring (bicyclic) bond motifs is 5. The third kappa shape index (κ3) is 6.87. The lowest BCUT2D eigenvalue weighted by Gasteiger charge is -2.32. The summed E-state index contributed by atoms with van der Waals surface area (Å²) < 4.78 is 8.03. The van der Waals surface area contributed by atoms with E-state index in [1.807, 2.05) is 20.0 Å². The fourth-order valence-corrected chi connectivity index (χ4v) is 5.70. The Labute approximate surface area is 242 Å². The molecule has 2 atom stereocenters. The maximum Gasteiger partial charge on any atom is 0.256 e. The molecule has 10 heteroatoms. The minimum Gasteiger partial charge on any atom is -0.477 e. The number of carbonyl (C=O) groups is 1. The van der Waals surface area contributed by atoms with Crippen molar-refractivity contribution in [3.8, 4) is 17.1 Å². The Kier molecular flexibility index (Phi) is 8.58. The highest BCUT2D eigenvalue weighted by Gasteiger charge is 2.34. The average molecular weight is 559 g/mol. The van der Waals surface area contributed by atoms with Gasteiger partial charge in [-0.2, -0.15) is 5.10 Å². The highest BCUT2D eigenvalue weighted by atomic mass is 16.5. The molecule has 5 rings (SSSR count). The van der Waals surface area contributed by atoms with Crippen LogP contribution < -0.4 is 20.3 Å². The van der Waals surface area contributed by atoms with Crippen LogP contribution in [0.4, 0.5) is 17.1 Å². The number of aliphatic imine (C=N–C) groups is 1. The second kappa shape index (κ2) is 12.3. The zero-order valence-corrected chi connectivity index (χ0v) is 25.0. The Morgan fingerprint density at radius 1 is 1.17 bits per heavy atom. The maximum atomic E-state index is 13.2. The summed E-state index contributed by atoms with van der Waals surface area (Å²) >= 11 is 0. The van der Waals surface area contributed by atoms with Crippen LogP contribution in [0, 0.1) is 12.8 Å². The lowest BCUT2D eigenvalue weighted by atomic mass is 10.0. The van der Waals surface area contributed by atoms with Gasteiger partial charge < -0.3 is 25.2 Å². The van der Waals surface area contributed by atoms with Crippen molar-refractivity contribution in [1.29, 1.82) is 0 Å². The number of pyridine rings is 1. The molecule has 2 unspecified atom stereocenters. The van der Waals surface area contributed by atoms with Gasteiger partial charge in [0, 0.05) is 49.7 Å². The molecule has 2 aliphatic rings. The highest BCUT2D eigenvalue weighted by molar-refractivity contribution is 6.01. The Balaban J connectivity index is 1.50. The molecule has 2 aromatic heterocycles. The third-order valence-corrected chi connectivity index (χ3v) is 7.73. The van der Waals surface area contributed by atoms with Crippen molar-refractivity contribution in [2.75, 3.05) is 44.5 Å². The van der Waals surface area contributed by atoms with E-state index in [0.29, 0.717) is 35.7 Å². The van der Waals surface area contributed by atoms with Gasteiger partial charge in [0.05, 0.1) is 41.8 Å². The van der Waals surface area contributed by atoms with Crippen molar-refractivity contribution < 1.29 is 9.53 Å². The SMILES string of the molecule is Cc1cc2cc(n1)-c1cnn(C)c1OCCCC(C1CC1)N(C)c1cc(NC(C)CN(C)C)ccc1N=CNC2=O. The first-order valence-corrected chi connectivity index (χ1v) is 14.4. The van der Waals surface area contributed by atoms with Gasteiger partial charge in [0.25, 0.3) is 5.91 Å². The molecule has 218 valence electrons. The van der Waals surface area contributed by atoms with Crippen LogP contribution in [0.2, 0.25) is 0 Å². The molecule has 3 aromatic rings. The number of benzene rings is 1. The highest BCUT2D eigenvalue weighted by Crippen LogP contribution is 2.41. The van der Waals surface area contributed by atoms with Crippen LogP contribution in [0.1, 0.15) is 48.7 Å². The zero-order valence-electron chi connectivity index (χ0n) is 25.0. The number of aryl methyl sites for hydroxylation is 2. The van der Waals surface area contributed by atoms with E-state index in [4.69, 9.17) is 9.73 Å². The van der Waals surface area contributed by atoms with Crippen LogP contribution in [-0.2, 0) is 7.05 Å². The van der Waals surface area contributed by atoms with Gasteiger partial charge in [-0.15, -0.1) is 0 Å². The number of hydrogen-bond acceptors (Lipinski definition) is 8. The first kappa shape index (κ1) is 28.6. The Morgan fingerprint density at radius 3 is 2.73 bits per heavy atom. The number of likely N-dealkylation sites (N-methyl/N-ethyl adjacent to an activating group) is 1. The summed E-state index contributed by atoms with van der Waals surface area (Å²) in [7, 11) is 8.19. The summed E-state index contributed by atoms with van der Waals surface area (Å²) in [5.41, 5.74) is 5.57. The zero-order chi connectivity index (χ0) is 29.1. The van der Waals surface area contributed by atoms with Gasteiger partial charge in [-0.25, -0.2) is 9.67 Å². The molecule has 1 fully saturated rings. The molecule has 10 nitrogen and oxygen atoms in total. The number of rotatable bonds is 5. The van der Waals surface area contributed by atoms with Crippen LogP contribution >= 0.6 is 0 Å². The standard InChI is InChI=1S/C31H42N8O2/c1-20-14-23-15-27(36-20)25-17-34-39(6)31(25)41-13-7-8-28(22-9-10-22)38(5)29-16-24(35-21(2)18-37(3)4)11-12-26(29)32-19-33-30(23)40/h11-12,14-17,19,21-22,28,35H,7-10,13,18H2,1-6H3,(H,32,33,40). The van der Waals surface area contributed by atoms with Crippen LogP contribution in [0.15, 0.2) is 41.5 Å². The number of nitrogens with one attached hydrogen (secondary N) is 2. The average Bonchev–Trinajstić information content (AvgIpc) is 3.69. The Bertz CT molecular complexity index is 1410. The molecule has 2 N–H and O–H groups in total. The normalized spacial score (nSPS) is 18.7. The summed E-state index contributed by atoms with van der Waals surface area (Å²) in [5, 5.41) is 10.9. The van der Waals surface area contributed by atoms with Gasteiger partial charge in [-0.05, 0) is 89.9 Å². The molecule has 1 amide bonds. The van der Waals surface area contributed by atoms with Gasteiger partial charge in [0.15, 0.2) is 0 Å². The minimum absolute atomic E-state index is 0.252. The third-order valence-electron chi connectivity index (χ3n) is 7.73. The Hall–Kier alpha value is -3.92. The van der Waals surface area contributed by atoms with Crippen LogP contribution in [-0.4, -0.2) is 78.3 Å². The van der Waals surface area contributed by atoms with Gasteiger partial charge in [-0.1, -0.05) is 0 Å². The molecule has 1 aromatic carbocycles. The van der Waals surface area contributed by atoms with Gasteiger partial charge >= 0.3 is 0 Å². The smallest absolute Gasteiger partial charge is 0.256 e. The summed E-state index contributed by atoms with van der Waals surface area (Å²) in [4.78, 5) is 27.1. The first-order valence-electron chi connectivity index (χ1n) is 14.4. The second-order valence-corrected chi connectivity index (χ2v) is 11.6. The lowest BCUT2D eigenvalue weighted by Crippen LogP contribution is -2.34. The summed E-state index contributed by atoms with van der Waals surface area (Å²) in [5.74, 6) is 1.05. The van der Waals surface area contributed by atoms with E-state index in [9.17, 15) is 4.79 Å². The van der Waals surface area contributed by atoms with Crippen LogP contribution in [0.25, 0.3) is 11.3 Å². The largest absolute Gasteiger partial charge is 0.477 e. The van der Waals surface area contributed by atoms with Gasteiger partial charge in [0.2, 0.25) is 5.88 Å². The monoisotopic (exact) mass is 558 g/mol.